The van der Waals surface area contributed by atoms with Crippen molar-refractivity contribution in [3.63, 3.8) is 0 Å². The molecule has 1 saturated heterocycles. The summed E-state index contributed by atoms with van der Waals surface area (Å²) < 4.78 is 19.0. The zero-order valence-electron chi connectivity index (χ0n) is 12.1. The van der Waals surface area contributed by atoms with Crippen LogP contribution in [0.4, 0.5) is 4.39 Å². The van der Waals surface area contributed by atoms with Gasteiger partial charge in [-0.3, -0.25) is 4.90 Å². The third-order valence-electron chi connectivity index (χ3n) is 4.42. The van der Waals surface area contributed by atoms with Crippen LogP contribution in [-0.4, -0.2) is 43.2 Å². The number of nitrogens with zero attached hydrogens (tertiary/aromatic N) is 1. The van der Waals surface area contributed by atoms with Crippen LogP contribution >= 0.6 is 0 Å². The zero-order chi connectivity index (χ0) is 13.9. The van der Waals surface area contributed by atoms with E-state index in [1.165, 1.54) is 25.5 Å². The van der Waals surface area contributed by atoms with Gasteiger partial charge < -0.3 is 10.1 Å². The van der Waals surface area contributed by atoms with Gasteiger partial charge in [-0.2, -0.15) is 0 Å². The van der Waals surface area contributed by atoms with Crippen LogP contribution in [0.1, 0.15) is 25.3 Å². The van der Waals surface area contributed by atoms with Gasteiger partial charge in [-0.15, -0.1) is 0 Å². The number of hydrogen-bond acceptors (Lipinski definition) is 3. The molecule has 1 aromatic carbocycles. The molecule has 0 aromatic heterocycles. The molecule has 4 heteroatoms. The summed E-state index contributed by atoms with van der Waals surface area (Å²) in [5, 5.41) is 3.52. The van der Waals surface area contributed by atoms with E-state index in [1.807, 2.05) is 0 Å². The fraction of sp³-hybridized carbons (Fsp3) is 0.625. The van der Waals surface area contributed by atoms with Crippen LogP contribution in [0.15, 0.2) is 18.2 Å². The van der Waals surface area contributed by atoms with Crippen LogP contribution in [0.3, 0.4) is 0 Å². The number of halogens is 1. The molecule has 2 aliphatic heterocycles. The largest absolute Gasteiger partial charge is 0.488 e. The minimum absolute atomic E-state index is 0.142. The summed E-state index contributed by atoms with van der Waals surface area (Å²) in [5.41, 5.74) is 0.993. The molecular formula is C16H23FN2O. The number of likely N-dealkylation sites (N-methyl/N-ethyl adjacent to an activating group) is 1. The number of ether oxygens (including phenoxy) is 1. The van der Waals surface area contributed by atoms with E-state index < -0.39 is 0 Å². The second kappa shape index (κ2) is 6.10. The average molecular weight is 278 g/mol. The highest BCUT2D eigenvalue weighted by molar-refractivity contribution is 5.37. The Balaban J connectivity index is 1.45. The lowest BCUT2D eigenvalue weighted by Crippen LogP contribution is -2.41. The molecule has 20 heavy (non-hydrogen) atoms. The van der Waals surface area contributed by atoms with Crippen LogP contribution in [0.2, 0.25) is 0 Å². The molecule has 1 N–H and O–H groups in total. The second-order valence-electron chi connectivity index (χ2n) is 5.78. The number of likely N-dealkylation sites (tertiary alicyclic amines) is 1. The summed E-state index contributed by atoms with van der Waals surface area (Å²) in [4.78, 5) is 2.53. The maximum Gasteiger partial charge on any atom is 0.123 e. The summed E-state index contributed by atoms with van der Waals surface area (Å²) in [6.45, 7) is 6.46. The fourth-order valence-corrected chi connectivity index (χ4v) is 3.36. The molecule has 2 heterocycles. The zero-order valence-corrected chi connectivity index (χ0v) is 12.1. The van der Waals surface area contributed by atoms with Gasteiger partial charge in [0.25, 0.3) is 0 Å². The lowest BCUT2D eigenvalue weighted by atomic mass is 10.1. The third kappa shape index (κ3) is 2.96. The number of benzene rings is 1. The SMILES string of the molecule is CCN1CCCC1CNCC1Cc2cc(F)ccc2O1. The molecule has 1 aromatic rings. The van der Waals surface area contributed by atoms with E-state index in [4.69, 9.17) is 4.74 Å². The maximum atomic E-state index is 13.2. The molecule has 0 radical (unpaired) electrons. The van der Waals surface area contributed by atoms with Gasteiger partial charge in [-0.25, -0.2) is 4.39 Å². The van der Waals surface area contributed by atoms with Crippen molar-refractivity contribution in [3.05, 3.63) is 29.6 Å². The monoisotopic (exact) mass is 278 g/mol. The lowest BCUT2D eigenvalue weighted by Gasteiger charge is -2.23. The molecule has 3 nitrogen and oxygen atoms in total. The summed E-state index contributed by atoms with van der Waals surface area (Å²) in [7, 11) is 0. The van der Waals surface area contributed by atoms with E-state index in [0.717, 1.165) is 37.4 Å². The van der Waals surface area contributed by atoms with Gasteiger partial charge in [0.05, 0.1) is 0 Å². The van der Waals surface area contributed by atoms with E-state index in [1.54, 1.807) is 12.1 Å². The Kier molecular flexibility index (Phi) is 4.22. The van der Waals surface area contributed by atoms with E-state index in [-0.39, 0.29) is 11.9 Å². The molecule has 0 saturated carbocycles. The van der Waals surface area contributed by atoms with Crippen LogP contribution in [0, 0.1) is 5.82 Å². The standard InChI is InChI=1S/C16H23FN2O/c1-2-19-7-3-4-14(19)10-18-11-15-9-12-8-13(17)5-6-16(12)20-15/h5-6,8,14-15,18H,2-4,7,9-11H2,1H3. The normalized spacial score (nSPS) is 25.7. The molecule has 2 unspecified atom stereocenters. The van der Waals surface area contributed by atoms with E-state index in [9.17, 15) is 4.39 Å². The molecule has 1 fully saturated rings. The van der Waals surface area contributed by atoms with E-state index >= 15 is 0 Å². The molecule has 0 aliphatic carbocycles. The number of hydrogen-bond donors (Lipinski definition) is 1. The number of nitrogens with one attached hydrogen (secondary N) is 1. The lowest BCUT2D eigenvalue weighted by molar-refractivity contribution is 0.213. The number of fused-ring (bicyclic) bond motifs is 1. The second-order valence-corrected chi connectivity index (χ2v) is 5.78. The van der Waals surface area contributed by atoms with Crippen molar-refractivity contribution >= 4 is 0 Å². The molecule has 0 bridgehead atoms. The molecular weight excluding hydrogens is 255 g/mol. The Morgan fingerprint density at radius 1 is 1.40 bits per heavy atom. The Morgan fingerprint density at radius 3 is 3.15 bits per heavy atom. The van der Waals surface area contributed by atoms with Crippen molar-refractivity contribution in [1.82, 2.24) is 10.2 Å². The smallest absolute Gasteiger partial charge is 0.123 e. The van der Waals surface area contributed by atoms with Gasteiger partial charge in [-0.1, -0.05) is 6.92 Å². The predicted octanol–water partition coefficient (Wildman–Crippen LogP) is 2.20. The average Bonchev–Trinajstić information content (AvgIpc) is 3.04. The van der Waals surface area contributed by atoms with Gasteiger partial charge >= 0.3 is 0 Å². The molecule has 110 valence electrons. The van der Waals surface area contributed by atoms with Crippen molar-refractivity contribution in [3.8, 4) is 5.75 Å². The minimum atomic E-state index is -0.175. The molecule has 0 amide bonds. The van der Waals surface area contributed by atoms with E-state index in [2.05, 4.69) is 17.1 Å². The van der Waals surface area contributed by atoms with Gasteiger partial charge in [0.15, 0.2) is 0 Å². The highest BCUT2D eigenvalue weighted by Crippen LogP contribution is 2.29. The Hall–Kier alpha value is -1.13. The fourth-order valence-electron chi connectivity index (χ4n) is 3.36. The van der Waals surface area contributed by atoms with Gasteiger partial charge in [0, 0.05) is 31.1 Å². The summed E-state index contributed by atoms with van der Waals surface area (Å²) in [5.74, 6) is 0.666. The van der Waals surface area contributed by atoms with Crippen molar-refractivity contribution < 1.29 is 9.13 Å². The van der Waals surface area contributed by atoms with Crippen LogP contribution < -0.4 is 10.1 Å². The maximum absolute atomic E-state index is 13.2. The summed E-state index contributed by atoms with van der Waals surface area (Å²) in [6, 6.07) is 5.46. The van der Waals surface area contributed by atoms with Crippen molar-refractivity contribution in [2.45, 2.75) is 38.3 Å². The number of rotatable bonds is 5. The first-order chi connectivity index (χ1) is 9.76. The topological polar surface area (TPSA) is 24.5 Å². The predicted molar refractivity (Wildman–Crippen MR) is 77.7 cm³/mol. The van der Waals surface area contributed by atoms with Crippen LogP contribution in [0.25, 0.3) is 0 Å². The highest BCUT2D eigenvalue weighted by Gasteiger charge is 2.25. The first-order valence-corrected chi connectivity index (χ1v) is 7.66. The van der Waals surface area contributed by atoms with Crippen LogP contribution in [0.5, 0.6) is 5.75 Å². The highest BCUT2D eigenvalue weighted by atomic mass is 19.1. The minimum Gasteiger partial charge on any atom is -0.488 e. The van der Waals surface area contributed by atoms with Crippen molar-refractivity contribution in [1.29, 1.82) is 0 Å². The molecule has 3 rings (SSSR count). The summed E-state index contributed by atoms with van der Waals surface area (Å²) >= 11 is 0. The van der Waals surface area contributed by atoms with Gasteiger partial charge in [0.1, 0.15) is 17.7 Å². The summed E-state index contributed by atoms with van der Waals surface area (Å²) in [6.07, 6.45) is 3.55. The molecule has 2 atom stereocenters. The Labute approximate surface area is 120 Å². The van der Waals surface area contributed by atoms with Crippen LogP contribution in [-0.2, 0) is 6.42 Å². The molecule has 0 spiro atoms. The van der Waals surface area contributed by atoms with E-state index in [0.29, 0.717) is 6.04 Å². The third-order valence-corrected chi connectivity index (χ3v) is 4.42. The Morgan fingerprint density at radius 2 is 2.30 bits per heavy atom. The first-order valence-electron chi connectivity index (χ1n) is 7.66. The Bertz CT molecular complexity index is 466. The van der Waals surface area contributed by atoms with Gasteiger partial charge in [0.2, 0.25) is 0 Å². The van der Waals surface area contributed by atoms with Crippen molar-refractivity contribution in [2.24, 2.45) is 0 Å². The first kappa shape index (κ1) is 13.8. The quantitative estimate of drug-likeness (QED) is 0.893. The van der Waals surface area contributed by atoms with Gasteiger partial charge in [-0.05, 0) is 44.1 Å². The molecule has 2 aliphatic rings. The van der Waals surface area contributed by atoms with Crippen molar-refractivity contribution in [2.75, 3.05) is 26.2 Å².